The number of benzene rings is 1. The lowest BCUT2D eigenvalue weighted by Crippen LogP contribution is -2.39. The van der Waals surface area contributed by atoms with Gasteiger partial charge in [0.15, 0.2) is 5.96 Å². The number of aliphatic imine (C=N–C) groups is 1. The van der Waals surface area contributed by atoms with E-state index in [4.69, 9.17) is 9.73 Å². The van der Waals surface area contributed by atoms with E-state index in [2.05, 4.69) is 62.7 Å². The molecule has 0 radical (unpaired) electrons. The molecule has 2 aliphatic rings. The lowest BCUT2D eigenvalue weighted by atomic mass is 10.1. The van der Waals surface area contributed by atoms with Crippen molar-refractivity contribution in [1.29, 1.82) is 0 Å². The molecule has 0 atom stereocenters. The van der Waals surface area contributed by atoms with Gasteiger partial charge >= 0.3 is 0 Å². The molecule has 7 heteroatoms. The molecule has 2 saturated heterocycles. The van der Waals surface area contributed by atoms with E-state index >= 15 is 0 Å². The van der Waals surface area contributed by atoms with E-state index in [0.29, 0.717) is 13.1 Å². The van der Waals surface area contributed by atoms with Crippen LogP contribution in [0.25, 0.3) is 0 Å². The highest BCUT2D eigenvalue weighted by atomic mass is 16.5. The second-order valence-electron chi connectivity index (χ2n) is 8.43. The number of hydrogen-bond donors (Lipinski definition) is 2. The Hall–Kier alpha value is -2.64. The molecule has 3 heterocycles. The second kappa shape index (κ2) is 11.8. The van der Waals surface area contributed by atoms with Gasteiger partial charge in [-0.3, -0.25) is 4.90 Å². The van der Waals surface area contributed by atoms with E-state index in [9.17, 15) is 0 Å². The molecule has 0 saturated carbocycles. The van der Waals surface area contributed by atoms with Crippen LogP contribution in [0.15, 0.2) is 47.6 Å². The van der Waals surface area contributed by atoms with Crippen molar-refractivity contribution in [2.75, 3.05) is 50.8 Å². The first-order valence-corrected chi connectivity index (χ1v) is 11.9. The van der Waals surface area contributed by atoms with Crippen molar-refractivity contribution in [2.45, 2.75) is 39.4 Å². The highest BCUT2D eigenvalue weighted by Crippen LogP contribution is 2.18. The molecule has 7 nitrogen and oxygen atoms in total. The van der Waals surface area contributed by atoms with Crippen molar-refractivity contribution >= 4 is 11.8 Å². The zero-order valence-electron chi connectivity index (χ0n) is 19.2. The Morgan fingerprint density at radius 3 is 2.50 bits per heavy atom. The fraction of sp³-hybridized carbons (Fsp3) is 0.520. The zero-order valence-corrected chi connectivity index (χ0v) is 19.2. The summed E-state index contributed by atoms with van der Waals surface area (Å²) in [5.74, 6) is 1.86. The average molecular weight is 437 g/mol. The van der Waals surface area contributed by atoms with Crippen LogP contribution in [0.3, 0.4) is 0 Å². The maximum absolute atomic E-state index is 5.49. The molecular weight excluding hydrogens is 400 g/mol. The number of guanidine groups is 1. The van der Waals surface area contributed by atoms with Crippen LogP contribution in [-0.2, 0) is 24.4 Å². The van der Waals surface area contributed by atoms with Gasteiger partial charge in [-0.15, -0.1) is 0 Å². The third-order valence-electron chi connectivity index (χ3n) is 6.02. The molecule has 2 aromatic rings. The summed E-state index contributed by atoms with van der Waals surface area (Å²) in [6, 6.07) is 13.0. The summed E-state index contributed by atoms with van der Waals surface area (Å²) in [5, 5.41) is 6.84. The number of rotatable bonds is 8. The van der Waals surface area contributed by atoms with Crippen LogP contribution in [0, 0.1) is 0 Å². The van der Waals surface area contributed by atoms with E-state index in [1.807, 2.05) is 12.3 Å². The van der Waals surface area contributed by atoms with Crippen LogP contribution in [0.2, 0.25) is 0 Å². The van der Waals surface area contributed by atoms with Gasteiger partial charge in [0.05, 0.1) is 19.8 Å². The third kappa shape index (κ3) is 6.43. The number of nitrogens with zero attached hydrogens (tertiary/aromatic N) is 4. The van der Waals surface area contributed by atoms with Gasteiger partial charge < -0.3 is 20.3 Å². The van der Waals surface area contributed by atoms with Crippen LogP contribution in [0.4, 0.5) is 5.82 Å². The molecule has 172 valence electrons. The Labute approximate surface area is 191 Å². The highest BCUT2D eigenvalue weighted by Gasteiger charge is 2.16. The third-order valence-corrected chi connectivity index (χ3v) is 6.02. The van der Waals surface area contributed by atoms with E-state index in [-0.39, 0.29) is 0 Å². The van der Waals surface area contributed by atoms with Gasteiger partial charge in [0, 0.05) is 44.5 Å². The molecule has 0 aliphatic carbocycles. The van der Waals surface area contributed by atoms with Crippen LogP contribution in [0.1, 0.15) is 36.5 Å². The van der Waals surface area contributed by atoms with Crippen LogP contribution in [0.5, 0.6) is 0 Å². The minimum Gasteiger partial charge on any atom is -0.378 e. The fourth-order valence-electron chi connectivity index (χ4n) is 4.27. The number of nitrogens with one attached hydrogen (secondary N) is 2. The second-order valence-corrected chi connectivity index (χ2v) is 8.43. The van der Waals surface area contributed by atoms with E-state index in [1.165, 1.54) is 42.6 Å². The first-order valence-electron chi connectivity index (χ1n) is 11.9. The molecule has 2 fully saturated rings. The summed E-state index contributed by atoms with van der Waals surface area (Å²) in [7, 11) is 0. The summed E-state index contributed by atoms with van der Waals surface area (Å²) in [4.78, 5) is 14.3. The fourth-order valence-corrected chi connectivity index (χ4v) is 4.27. The number of anilines is 1. The van der Waals surface area contributed by atoms with Crippen molar-refractivity contribution in [2.24, 2.45) is 4.99 Å². The molecule has 0 bridgehead atoms. The monoisotopic (exact) mass is 436 g/mol. The van der Waals surface area contributed by atoms with Gasteiger partial charge in [-0.2, -0.15) is 0 Å². The van der Waals surface area contributed by atoms with Crippen molar-refractivity contribution in [3.8, 4) is 0 Å². The van der Waals surface area contributed by atoms with Crippen molar-refractivity contribution in [3.05, 3.63) is 59.3 Å². The molecule has 0 amide bonds. The minimum absolute atomic E-state index is 0.655. The summed E-state index contributed by atoms with van der Waals surface area (Å²) >= 11 is 0. The zero-order chi connectivity index (χ0) is 22.0. The summed E-state index contributed by atoms with van der Waals surface area (Å²) in [5.41, 5.74) is 3.78. The first kappa shape index (κ1) is 22.6. The average Bonchev–Trinajstić information content (AvgIpc) is 3.36. The maximum atomic E-state index is 5.49. The van der Waals surface area contributed by atoms with Crippen LogP contribution >= 0.6 is 0 Å². The lowest BCUT2D eigenvalue weighted by molar-refractivity contribution is 0.122. The van der Waals surface area contributed by atoms with Crippen LogP contribution < -0.4 is 15.5 Å². The largest absolute Gasteiger partial charge is 0.378 e. The molecule has 4 rings (SSSR count). The summed E-state index contributed by atoms with van der Waals surface area (Å²) < 4.78 is 5.49. The minimum atomic E-state index is 0.655. The number of aromatic nitrogens is 1. The molecule has 1 aromatic carbocycles. The van der Waals surface area contributed by atoms with E-state index in [1.54, 1.807) is 0 Å². The van der Waals surface area contributed by atoms with Crippen molar-refractivity contribution in [3.63, 3.8) is 0 Å². The number of ether oxygens (including phenoxy) is 1. The standard InChI is InChI=1S/C25H36N6O/c1-2-26-25(28-18-21-7-9-22(10-8-21)20-30-12-3-4-13-30)29-19-23-6-5-11-27-24(23)31-14-16-32-17-15-31/h5-11H,2-4,12-20H2,1H3,(H2,26,28,29). The Balaban J connectivity index is 1.34. The SMILES string of the molecule is CCNC(=NCc1ccc(CN2CCCC2)cc1)NCc1cccnc1N1CCOCC1. The number of hydrogen-bond acceptors (Lipinski definition) is 5. The van der Waals surface area contributed by atoms with Gasteiger partial charge in [0.1, 0.15) is 5.82 Å². The predicted molar refractivity (Wildman–Crippen MR) is 130 cm³/mol. The van der Waals surface area contributed by atoms with Gasteiger partial charge in [-0.1, -0.05) is 30.3 Å². The normalized spacial score (nSPS) is 17.5. The molecule has 0 spiro atoms. The van der Waals surface area contributed by atoms with E-state index in [0.717, 1.165) is 51.2 Å². The molecular formula is C25H36N6O. The van der Waals surface area contributed by atoms with Gasteiger partial charge in [-0.25, -0.2) is 9.98 Å². The van der Waals surface area contributed by atoms with E-state index < -0.39 is 0 Å². The predicted octanol–water partition coefficient (Wildman–Crippen LogP) is 2.77. The first-order chi connectivity index (χ1) is 15.8. The lowest BCUT2D eigenvalue weighted by Gasteiger charge is -2.29. The summed E-state index contributed by atoms with van der Waals surface area (Å²) in [6.45, 7) is 11.0. The van der Waals surface area contributed by atoms with Gasteiger partial charge in [-0.05, 0) is 50.0 Å². The molecule has 1 aromatic heterocycles. The quantitative estimate of drug-likeness (QED) is 0.490. The van der Waals surface area contributed by atoms with Gasteiger partial charge in [0.25, 0.3) is 0 Å². The molecule has 2 aliphatic heterocycles. The number of likely N-dealkylation sites (tertiary alicyclic amines) is 1. The van der Waals surface area contributed by atoms with Gasteiger partial charge in [0.2, 0.25) is 0 Å². The number of morpholine rings is 1. The molecule has 32 heavy (non-hydrogen) atoms. The summed E-state index contributed by atoms with van der Waals surface area (Å²) in [6.07, 6.45) is 4.53. The molecule has 0 unspecified atom stereocenters. The number of pyridine rings is 1. The Morgan fingerprint density at radius 1 is 1.00 bits per heavy atom. The Bertz CT molecular complexity index is 857. The maximum Gasteiger partial charge on any atom is 0.191 e. The Morgan fingerprint density at radius 2 is 1.75 bits per heavy atom. The topological polar surface area (TPSA) is 65.0 Å². The molecule has 2 N–H and O–H groups in total. The Kier molecular flexibility index (Phi) is 8.34. The highest BCUT2D eigenvalue weighted by molar-refractivity contribution is 5.79. The van der Waals surface area contributed by atoms with Crippen molar-refractivity contribution < 1.29 is 4.74 Å². The van der Waals surface area contributed by atoms with Crippen molar-refractivity contribution in [1.82, 2.24) is 20.5 Å². The smallest absolute Gasteiger partial charge is 0.191 e. The van der Waals surface area contributed by atoms with Crippen LogP contribution in [-0.4, -0.2) is 61.8 Å².